The molecule has 1 fully saturated rings. The van der Waals surface area contributed by atoms with Crippen molar-refractivity contribution >= 4 is 21.8 Å². The van der Waals surface area contributed by atoms with Crippen LogP contribution in [-0.2, 0) is 26.2 Å². The molecule has 1 aliphatic rings. The molecule has 1 saturated heterocycles. The second-order valence-corrected chi connectivity index (χ2v) is 10.7. The summed E-state index contributed by atoms with van der Waals surface area (Å²) in [5.74, 6) is -0.644. The molecule has 35 heavy (non-hydrogen) atoms. The van der Waals surface area contributed by atoms with E-state index in [1.165, 1.54) is 28.6 Å². The summed E-state index contributed by atoms with van der Waals surface area (Å²) in [6.07, 6.45) is 2.17. The fourth-order valence-corrected chi connectivity index (χ4v) is 5.92. The van der Waals surface area contributed by atoms with Crippen LogP contribution < -0.4 is 0 Å². The van der Waals surface area contributed by atoms with Crippen LogP contribution in [0.25, 0.3) is 0 Å². The van der Waals surface area contributed by atoms with Crippen molar-refractivity contribution in [1.82, 2.24) is 14.1 Å². The summed E-state index contributed by atoms with van der Waals surface area (Å²) in [5.41, 5.74) is 0.637. The highest BCUT2D eigenvalue weighted by Crippen LogP contribution is 2.22. The highest BCUT2D eigenvalue weighted by atomic mass is 32.2. The number of carbonyl (C=O) groups is 2. The standard InChI is InChI=1S/C26H34FN3O4S/c1-3-15-29(35(33,34)24-11-6-5-7-12-24)20-26(32)30(19-21-9-8-10-22(27)18-21)23-13-16-28(17-14-23)25(31)4-2/h5-12,18,23H,3-4,13-17,19-20H2,1-2H3. The van der Waals surface area contributed by atoms with Crippen molar-refractivity contribution in [3.63, 3.8) is 0 Å². The number of nitrogens with zero attached hydrogens (tertiary/aromatic N) is 3. The largest absolute Gasteiger partial charge is 0.343 e. The number of amides is 2. The lowest BCUT2D eigenvalue weighted by molar-refractivity contribution is -0.137. The summed E-state index contributed by atoms with van der Waals surface area (Å²) < 4.78 is 41.6. The number of hydrogen-bond acceptors (Lipinski definition) is 4. The summed E-state index contributed by atoms with van der Waals surface area (Å²) in [4.78, 5) is 29.3. The minimum atomic E-state index is -3.85. The molecule has 0 saturated carbocycles. The molecule has 0 atom stereocenters. The van der Waals surface area contributed by atoms with Crippen molar-refractivity contribution in [2.24, 2.45) is 0 Å². The summed E-state index contributed by atoms with van der Waals surface area (Å²) in [5, 5.41) is 0. The number of piperidine rings is 1. The quantitative estimate of drug-likeness (QED) is 0.496. The van der Waals surface area contributed by atoms with Gasteiger partial charge in [0.05, 0.1) is 11.4 Å². The molecular weight excluding hydrogens is 469 g/mol. The first kappa shape index (κ1) is 26.8. The Bertz CT molecular complexity index is 1100. The molecule has 0 aromatic heterocycles. The Kier molecular flexibility index (Phi) is 9.40. The molecule has 190 valence electrons. The van der Waals surface area contributed by atoms with Gasteiger partial charge < -0.3 is 9.80 Å². The maximum Gasteiger partial charge on any atom is 0.243 e. The summed E-state index contributed by atoms with van der Waals surface area (Å²) in [6, 6.07) is 14.0. The maximum absolute atomic E-state index is 13.9. The van der Waals surface area contributed by atoms with Crippen LogP contribution in [0, 0.1) is 5.82 Å². The van der Waals surface area contributed by atoms with Crippen molar-refractivity contribution in [2.75, 3.05) is 26.2 Å². The lowest BCUT2D eigenvalue weighted by Gasteiger charge is -2.39. The third kappa shape index (κ3) is 6.89. The first-order chi connectivity index (χ1) is 16.8. The molecule has 2 amide bonds. The zero-order valence-corrected chi connectivity index (χ0v) is 21.2. The topological polar surface area (TPSA) is 78.0 Å². The van der Waals surface area contributed by atoms with E-state index in [9.17, 15) is 22.4 Å². The van der Waals surface area contributed by atoms with E-state index in [0.29, 0.717) is 44.3 Å². The Hall–Kier alpha value is -2.78. The highest BCUT2D eigenvalue weighted by molar-refractivity contribution is 7.89. The number of hydrogen-bond donors (Lipinski definition) is 0. The van der Waals surface area contributed by atoms with Crippen molar-refractivity contribution in [3.8, 4) is 0 Å². The van der Waals surface area contributed by atoms with Crippen molar-refractivity contribution in [2.45, 2.75) is 57.0 Å². The van der Waals surface area contributed by atoms with Crippen molar-refractivity contribution in [3.05, 3.63) is 66.0 Å². The minimum absolute atomic E-state index is 0.0783. The molecule has 1 heterocycles. The lowest BCUT2D eigenvalue weighted by Crippen LogP contribution is -2.51. The van der Waals surface area contributed by atoms with Gasteiger partial charge in [0, 0.05) is 38.6 Å². The summed E-state index contributed by atoms with van der Waals surface area (Å²) in [7, 11) is -3.85. The number of likely N-dealkylation sites (tertiary alicyclic amines) is 1. The Morgan fingerprint density at radius 2 is 1.71 bits per heavy atom. The van der Waals surface area contributed by atoms with Gasteiger partial charge >= 0.3 is 0 Å². The third-order valence-electron chi connectivity index (χ3n) is 6.29. The van der Waals surface area contributed by atoms with Gasteiger partial charge in [-0.25, -0.2) is 12.8 Å². The molecule has 9 heteroatoms. The number of carbonyl (C=O) groups excluding carboxylic acids is 2. The minimum Gasteiger partial charge on any atom is -0.343 e. The van der Waals surface area contributed by atoms with E-state index >= 15 is 0 Å². The van der Waals surface area contributed by atoms with Crippen LogP contribution in [0.4, 0.5) is 4.39 Å². The fraction of sp³-hybridized carbons (Fsp3) is 0.462. The Morgan fingerprint density at radius 3 is 2.31 bits per heavy atom. The Morgan fingerprint density at radius 1 is 1.03 bits per heavy atom. The van der Waals surface area contributed by atoms with E-state index in [1.807, 2.05) is 13.8 Å². The molecule has 0 N–H and O–H groups in total. The Labute approximate surface area is 207 Å². The van der Waals surface area contributed by atoms with Gasteiger partial charge in [-0.1, -0.05) is 44.2 Å². The van der Waals surface area contributed by atoms with Crippen molar-refractivity contribution in [1.29, 1.82) is 0 Å². The molecule has 2 aromatic carbocycles. The molecule has 0 spiro atoms. The first-order valence-electron chi connectivity index (χ1n) is 12.1. The predicted octanol–water partition coefficient (Wildman–Crippen LogP) is 3.66. The van der Waals surface area contributed by atoms with Crippen LogP contribution in [0.3, 0.4) is 0 Å². The van der Waals surface area contributed by atoms with Crippen LogP contribution in [0.2, 0.25) is 0 Å². The Balaban J connectivity index is 1.84. The van der Waals surface area contributed by atoms with Gasteiger partial charge in [-0.2, -0.15) is 4.31 Å². The number of benzene rings is 2. The van der Waals surface area contributed by atoms with Crippen LogP contribution >= 0.6 is 0 Å². The monoisotopic (exact) mass is 503 g/mol. The molecular formula is C26H34FN3O4S. The van der Waals surface area contributed by atoms with Crippen LogP contribution in [0.15, 0.2) is 59.5 Å². The number of rotatable bonds is 10. The summed E-state index contributed by atoms with van der Waals surface area (Å²) >= 11 is 0. The average Bonchev–Trinajstić information content (AvgIpc) is 2.87. The van der Waals surface area contributed by atoms with Gasteiger partial charge in [0.25, 0.3) is 0 Å². The maximum atomic E-state index is 13.9. The van der Waals surface area contributed by atoms with Gasteiger partial charge in [0.15, 0.2) is 0 Å². The zero-order chi connectivity index (χ0) is 25.4. The van der Waals surface area contributed by atoms with E-state index in [2.05, 4.69) is 0 Å². The number of sulfonamides is 1. The fourth-order valence-electron chi connectivity index (χ4n) is 4.42. The second kappa shape index (κ2) is 12.3. The predicted molar refractivity (Wildman–Crippen MR) is 132 cm³/mol. The molecule has 0 bridgehead atoms. The molecule has 1 aliphatic heterocycles. The van der Waals surface area contributed by atoms with Gasteiger partial charge in [0.2, 0.25) is 21.8 Å². The normalized spacial score (nSPS) is 14.8. The lowest BCUT2D eigenvalue weighted by atomic mass is 10.0. The molecule has 0 unspecified atom stereocenters. The molecule has 7 nitrogen and oxygen atoms in total. The van der Waals surface area contributed by atoms with Gasteiger partial charge in [0.1, 0.15) is 5.82 Å². The third-order valence-corrected chi connectivity index (χ3v) is 8.15. The SMILES string of the molecule is CCCN(CC(=O)N(Cc1cccc(F)c1)C1CCN(C(=O)CC)CC1)S(=O)(=O)c1ccccc1. The van der Waals surface area contributed by atoms with Gasteiger partial charge in [-0.15, -0.1) is 0 Å². The van der Waals surface area contributed by atoms with E-state index in [4.69, 9.17) is 0 Å². The molecule has 0 radical (unpaired) electrons. The van der Waals surface area contributed by atoms with Crippen LogP contribution in [0.1, 0.15) is 45.1 Å². The summed E-state index contributed by atoms with van der Waals surface area (Å²) in [6.45, 7) is 4.84. The molecule has 2 aromatic rings. The van der Waals surface area contributed by atoms with Gasteiger partial charge in [-0.3, -0.25) is 9.59 Å². The van der Waals surface area contributed by atoms with E-state index in [1.54, 1.807) is 40.1 Å². The molecule has 0 aliphatic carbocycles. The molecule has 3 rings (SSSR count). The van der Waals surface area contributed by atoms with E-state index < -0.39 is 15.8 Å². The van der Waals surface area contributed by atoms with Crippen LogP contribution in [0.5, 0.6) is 0 Å². The smallest absolute Gasteiger partial charge is 0.243 e. The van der Waals surface area contributed by atoms with E-state index in [-0.39, 0.29) is 42.4 Å². The number of halogens is 1. The van der Waals surface area contributed by atoms with Gasteiger partial charge in [-0.05, 0) is 49.1 Å². The first-order valence-corrected chi connectivity index (χ1v) is 13.6. The van der Waals surface area contributed by atoms with Crippen molar-refractivity contribution < 1.29 is 22.4 Å². The average molecular weight is 504 g/mol. The highest BCUT2D eigenvalue weighted by Gasteiger charge is 2.33. The second-order valence-electron chi connectivity index (χ2n) is 8.77. The van der Waals surface area contributed by atoms with Crippen LogP contribution in [-0.4, -0.2) is 66.6 Å². The zero-order valence-electron chi connectivity index (χ0n) is 20.4. The van der Waals surface area contributed by atoms with E-state index in [0.717, 1.165) is 0 Å².